The SMILES string of the molecule is Cc1ccc(C)c(S(=O)(=O)Nc2ccccc2C(=O)NCCNC(=O)Cc2ccc(F)cc2)c1. The number of anilines is 1. The Morgan fingerprint density at radius 1 is 0.882 bits per heavy atom. The maximum absolute atomic E-state index is 12.9. The summed E-state index contributed by atoms with van der Waals surface area (Å²) in [5.41, 5.74) is 2.39. The van der Waals surface area contributed by atoms with E-state index in [2.05, 4.69) is 15.4 Å². The van der Waals surface area contributed by atoms with Crippen LogP contribution in [0, 0.1) is 19.7 Å². The highest BCUT2D eigenvalue weighted by atomic mass is 32.2. The highest BCUT2D eigenvalue weighted by molar-refractivity contribution is 7.92. The van der Waals surface area contributed by atoms with Crippen LogP contribution in [0.2, 0.25) is 0 Å². The van der Waals surface area contributed by atoms with Gasteiger partial charge in [0.15, 0.2) is 0 Å². The molecule has 0 saturated heterocycles. The van der Waals surface area contributed by atoms with E-state index in [0.29, 0.717) is 11.1 Å². The molecule has 0 spiro atoms. The van der Waals surface area contributed by atoms with E-state index in [1.54, 1.807) is 38.1 Å². The second-order valence-electron chi connectivity index (χ2n) is 7.83. The number of nitrogens with one attached hydrogen (secondary N) is 3. The summed E-state index contributed by atoms with van der Waals surface area (Å²) in [6, 6.07) is 17.1. The van der Waals surface area contributed by atoms with Gasteiger partial charge in [-0.05, 0) is 60.9 Å². The molecule has 3 rings (SSSR count). The third-order valence-electron chi connectivity index (χ3n) is 5.06. The largest absolute Gasteiger partial charge is 0.354 e. The number of aryl methyl sites for hydroxylation is 2. The molecule has 178 valence electrons. The number of carbonyl (C=O) groups excluding carboxylic acids is 2. The summed E-state index contributed by atoms with van der Waals surface area (Å²) < 4.78 is 41.3. The van der Waals surface area contributed by atoms with Gasteiger partial charge in [0.2, 0.25) is 5.91 Å². The van der Waals surface area contributed by atoms with Gasteiger partial charge in [0.25, 0.3) is 15.9 Å². The van der Waals surface area contributed by atoms with E-state index in [4.69, 9.17) is 0 Å². The standard InChI is InChI=1S/C25H26FN3O4S/c1-17-7-8-18(2)23(15-17)34(32,33)29-22-6-4-3-5-21(22)25(31)28-14-13-27-24(30)16-19-9-11-20(26)12-10-19/h3-12,15,29H,13-14,16H2,1-2H3,(H,27,30)(H,28,31). The molecule has 0 aromatic heterocycles. The van der Waals surface area contributed by atoms with Gasteiger partial charge in [-0.2, -0.15) is 0 Å². The highest BCUT2D eigenvalue weighted by Crippen LogP contribution is 2.23. The van der Waals surface area contributed by atoms with Crippen molar-refractivity contribution in [2.75, 3.05) is 17.8 Å². The lowest BCUT2D eigenvalue weighted by molar-refractivity contribution is -0.120. The van der Waals surface area contributed by atoms with E-state index in [0.717, 1.165) is 5.56 Å². The lowest BCUT2D eigenvalue weighted by Gasteiger charge is -2.14. The lowest BCUT2D eigenvalue weighted by Crippen LogP contribution is -2.35. The van der Waals surface area contributed by atoms with E-state index < -0.39 is 15.9 Å². The normalized spacial score (nSPS) is 11.0. The molecule has 0 aliphatic carbocycles. The van der Waals surface area contributed by atoms with Crippen molar-refractivity contribution in [1.82, 2.24) is 10.6 Å². The van der Waals surface area contributed by atoms with Crippen LogP contribution in [0.25, 0.3) is 0 Å². The van der Waals surface area contributed by atoms with E-state index in [1.807, 2.05) is 6.07 Å². The van der Waals surface area contributed by atoms with Gasteiger partial charge in [0, 0.05) is 13.1 Å². The first-order valence-electron chi connectivity index (χ1n) is 10.6. The van der Waals surface area contributed by atoms with Gasteiger partial charge in [-0.1, -0.05) is 36.4 Å². The van der Waals surface area contributed by atoms with Crippen molar-refractivity contribution in [3.8, 4) is 0 Å². The first-order chi connectivity index (χ1) is 16.2. The molecule has 0 unspecified atom stereocenters. The summed E-state index contributed by atoms with van der Waals surface area (Å²) in [5, 5.41) is 5.35. The number of rotatable bonds is 9. The number of hydrogen-bond acceptors (Lipinski definition) is 4. The number of para-hydroxylation sites is 1. The molecule has 2 amide bonds. The van der Waals surface area contributed by atoms with Gasteiger partial charge in [0.1, 0.15) is 5.82 Å². The van der Waals surface area contributed by atoms with Crippen LogP contribution < -0.4 is 15.4 Å². The maximum atomic E-state index is 12.9. The average Bonchev–Trinajstić information content (AvgIpc) is 2.80. The van der Waals surface area contributed by atoms with Crippen LogP contribution in [0.1, 0.15) is 27.0 Å². The molecule has 0 radical (unpaired) electrons. The van der Waals surface area contributed by atoms with Gasteiger partial charge in [-0.25, -0.2) is 12.8 Å². The van der Waals surface area contributed by atoms with Crippen molar-refractivity contribution in [2.24, 2.45) is 0 Å². The van der Waals surface area contributed by atoms with Crippen LogP contribution in [0.3, 0.4) is 0 Å². The second-order valence-corrected chi connectivity index (χ2v) is 9.48. The fourth-order valence-electron chi connectivity index (χ4n) is 3.29. The molecule has 0 atom stereocenters. The zero-order valence-corrected chi connectivity index (χ0v) is 19.7. The summed E-state index contributed by atoms with van der Waals surface area (Å²) in [6.07, 6.45) is 0.0945. The highest BCUT2D eigenvalue weighted by Gasteiger charge is 2.20. The van der Waals surface area contributed by atoms with Crippen molar-refractivity contribution in [2.45, 2.75) is 25.2 Å². The van der Waals surface area contributed by atoms with Crippen LogP contribution in [-0.2, 0) is 21.2 Å². The maximum Gasteiger partial charge on any atom is 0.262 e. The van der Waals surface area contributed by atoms with Crippen LogP contribution in [0.4, 0.5) is 10.1 Å². The summed E-state index contributed by atoms with van der Waals surface area (Å²) >= 11 is 0. The molecule has 0 saturated carbocycles. The molecular weight excluding hydrogens is 457 g/mol. The molecule has 0 fully saturated rings. The van der Waals surface area contributed by atoms with E-state index in [9.17, 15) is 22.4 Å². The minimum atomic E-state index is -3.90. The summed E-state index contributed by atoms with van der Waals surface area (Å²) in [6.45, 7) is 3.84. The van der Waals surface area contributed by atoms with Crippen molar-refractivity contribution < 1.29 is 22.4 Å². The zero-order valence-electron chi connectivity index (χ0n) is 18.9. The Kier molecular flexibility index (Phi) is 8.01. The number of sulfonamides is 1. The van der Waals surface area contributed by atoms with Gasteiger partial charge in [0.05, 0.1) is 22.6 Å². The minimum absolute atomic E-state index is 0.0945. The van der Waals surface area contributed by atoms with Crippen LogP contribution in [-0.4, -0.2) is 33.3 Å². The van der Waals surface area contributed by atoms with Crippen LogP contribution >= 0.6 is 0 Å². The third kappa shape index (κ3) is 6.64. The molecule has 0 bridgehead atoms. The number of halogens is 1. The fraction of sp³-hybridized carbons (Fsp3) is 0.200. The van der Waals surface area contributed by atoms with Crippen molar-refractivity contribution in [3.05, 3.63) is 94.8 Å². The third-order valence-corrected chi connectivity index (χ3v) is 6.57. The lowest BCUT2D eigenvalue weighted by atomic mass is 10.1. The quantitative estimate of drug-likeness (QED) is 0.406. The Balaban J connectivity index is 1.58. The molecule has 3 N–H and O–H groups in total. The minimum Gasteiger partial charge on any atom is -0.354 e. The Bertz CT molecular complexity index is 1290. The topological polar surface area (TPSA) is 104 Å². The number of amides is 2. The molecule has 0 aliphatic rings. The predicted molar refractivity (Wildman–Crippen MR) is 129 cm³/mol. The van der Waals surface area contributed by atoms with E-state index >= 15 is 0 Å². The first-order valence-corrected chi connectivity index (χ1v) is 12.1. The van der Waals surface area contributed by atoms with Gasteiger partial charge in [-0.15, -0.1) is 0 Å². The first kappa shape index (κ1) is 24.9. The summed E-state index contributed by atoms with van der Waals surface area (Å²) in [5.74, 6) is -1.11. The molecule has 0 heterocycles. The Labute approximate surface area is 198 Å². The molecule has 0 aliphatic heterocycles. The zero-order chi connectivity index (χ0) is 24.7. The van der Waals surface area contributed by atoms with Crippen molar-refractivity contribution in [3.63, 3.8) is 0 Å². The van der Waals surface area contributed by atoms with Gasteiger partial charge < -0.3 is 10.6 Å². The molecular formula is C25H26FN3O4S. The molecule has 34 heavy (non-hydrogen) atoms. The van der Waals surface area contributed by atoms with Crippen LogP contribution in [0.15, 0.2) is 71.6 Å². The number of carbonyl (C=O) groups is 2. The number of benzene rings is 3. The number of hydrogen-bond donors (Lipinski definition) is 3. The van der Waals surface area contributed by atoms with Crippen molar-refractivity contribution >= 4 is 27.5 Å². The molecule has 9 heteroatoms. The smallest absolute Gasteiger partial charge is 0.262 e. The summed E-state index contributed by atoms with van der Waals surface area (Å²) in [4.78, 5) is 24.8. The Morgan fingerprint density at radius 3 is 2.29 bits per heavy atom. The molecule has 3 aromatic carbocycles. The average molecular weight is 484 g/mol. The molecule has 3 aromatic rings. The van der Waals surface area contributed by atoms with E-state index in [1.165, 1.54) is 36.4 Å². The predicted octanol–water partition coefficient (Wildman–Crippen LogP) is 3.33. The van der Waals surface area contributed by atoms with Crippen LogP contribution in [0.5, 0.6) is 0 Å². The van der Waals surface area contributed by atoms with Gasteiger partial charge in [-0.3, -0.25) is 14.3 Å². The Hall–Kier alpha value is -3.72. The monoisotopic (exact) mass is 483 g/mol. The summed E-state index contributed by atoms with van der Waals surface area (Å²) in [7, 11) is -3.90. The fourth-order valence-corrected chi connectivity index (χ4v) is 4.70. The molecule has 7 nitrogen and oxygen atoms in total. The van der Waals surface area contributed by atoms with Gasteiger partial charge >= 0.3 is 0 Å². The second kappa shape index (κ2) is 10.9. The Morgan fingerprint density at radius 2 is 1.56 bits per heavy atom. The van der Waals surface area contributed by atoms with Crippen molar-refractivity contribution in [1.29, 1.82) is 0 Å². The van der Waals surface area contributed by atoms with E-state index in [-0.39, 0.29) is 47.4 Å².